The molecule has 0 unspecified atom stereocenters. The van der Waals surface area contributed by atoms with Crippen molar-refractivity contribution in [2.24, 2.45) is 5.10 Å². The summed E-state index contributed by atoms with van der Waals surface area (Å²) in [5.41, 5.74) is 4.17. The van der Waals surface area contributed by atoms with E-state index in [1.54, 1.807) is 12.1 Å². The molecule has 0 atom stereocenters. The fourth-order valence-electron chi connectivity index (χ4n) is 2.70. The van der Waals surface area contributed by atoms with E-state index in [1.165, 1.54) is 24.0 Å². The first-order valence-electron chi connectivity index (χ1n) is 9.51. The summed E-state index contributed by atoms with van der Waals surface area (Å²) in [5.74, 6) is 1.11. The molecule has 0 aliphatic carbocycles. The SMILES string of the molecule is CCOc1cc(/C=N\NC(=O)CSc2nnc(-c3ccccc3)n2CC)ccc1O. The van der Waals surface area contributed by atoms with Crippen LogP contribution in [0.3, 0.4) is 0 Å². The maximum atomic E-state index is 12.1. The van der Waals surface area contributed by atoms with Gasteiger partial charge in [-0.05, 0) is 37.6 Å². The first kappa shape index (κ1) is 21.4. The fourth-order valence-corrected chi connectivity index (χ4v) is 3.50. The number of nitrogens with one attached hydrogen (secondary N) is 1. The quantitative estimate of drug-likeness (QED) is 0.310. The van der Waals surface area contributed by atoms with Crippen molar-refractivity contribution in [1.82, 2.24) is 20.2 Å². The third-order valence-corrected chi connectivity index (χ3v) is 5.05. The number of nitrogens with zero attached hydrogens (tertiary/aromatic N) is 4. The molecule has 0 spiro atoms. The summed E-state index contributed by atoms with van der Waals surface area (Å²) in [6.07, 6.45) is 1.49. The van der Waals surface area contributed by atoms with Gasteiger partial charge < -0.3 is 14.4 Å². The maximum absolute atomic E-state index is 12.1. The van der Waals surface area contributed by atoms with E-state index in [-0.39, 0.29) is 17.4 Å². The number of carbonyl (C=O) groups is 1. The van der Waals surface area contributed by atoms with E-state index in [4.69, 9.17) is 4.74 Å². The summed E-state index contributed by atoms with van der Waals surface area (Å²) in [6, 6.07) is 14.7. The first-order valence-corrected chi connectivity index (χ1v) is 10.5. The molecule has 0 saturated heterocycles. The number of aromatic nitrogens is 3. The van der Waals surface area contributed by atoms with Crippen molar-refractivity contribution in [3.63, 3.8) is 0 Å². The molecular formula is C21H23N5O3S. The molecule has 1 aromatic heterocycles. The number of amides is 1. The zero-order valence-corrected chi connectivity index (χ0v) is 17.6. The molecule has 1 amide bonds. The van der Waals surface area contributed by atoms with Crippen LogP contribution in [-0.4, -0.2) is 44.4 Å². The van der Waals surface area contributed by atoms with Gasteiger partial charge in [0.25, 0.3) is 5.91 Å². The summed E-state index contributed by atoms with van der Waals surface area (Å²) < 4.78 is 7.30. The van der Waals surface area contributed by atoms with Gasteiger partial charge in [0.2, 0.25) is 0 Å². The van der Waals surface area contributed by atoms with Crippen molar-refractivity contribution < 1.29 is 14.6 Å². The standard InChI is InChI=1S/C21H23N5O3S/c1-3-26-20(16-8-6-5-7-9-16)24-25-21(26)30-14-19(28)23-22-13-15-10-11-17(27)18(12-15)29-4-2/h5-13,27H,3-4,14H2,1-2H3,(H,23,28)/b22-13-. The van der Waals surface area contributed by atoms with Crippen LogP contribution >= 0.6 is 11.8 Å². The van der Waals surface area contributed by atoms with Gasteiger partial charge in [-0.2, -0.15) is 5.10 Å². The van der Waals surface area contributed by atoms with Crippen LogP contribution in [0.25, 0.3) is 11.4 Å². The second-order valence-electron chi connectivity index (χ2n) is 6.16. The molecule has 30 heavy (non-hydrogen) atoms. The minimum atomic E-state index is -0.257. The Labute approximate surface area is 179 Å². The van der Waals surface area contributed by atoms with Crippen molar-refractivity contribution in [2.45, 2.75) is 25.5 Å². The Kier molecular flexibility index (Phi) is 7.45. The number of carbonyl (C=O) groups excluding carboxylic acids is 1. The predicted octanol–water partition coefficient (Wildman–Crippen LogP) is 3.31. The molecule has 1 heterocycles. The Morgan fingerprint density at radius 2 is 2.03 bits per heavy atom. The van der Waals surface area contributed by atoms with E-state index in [9.17, 15) is 9.90 Å². The smallest absolute Gasteiger partial charge is 0.250 e. The molecule has 3 aromatic rings. The minimum absolute atomic E-state index is 0.0596. The molecule has 0 saturated carbocycles. The third kappa shape index (κ3) is 5.38. The van der Waals surface area contributed by atoms with Crippen molar-refractivity contribution in [3.8, 4) is 22.9 Å². The summed E-state index contributed by atoms with van der Waals surface area (Å²) in [6.45, 7) is 4.98. The normalized spacial score (nSPS) is 11.0. The van der Waals surface area contributed by atoms with Gasteiger partial charge in [-0.25, -0.2) is 5.43 Å². The number of rotatable bonds is 9. The van der Waals surface area contributed by atoms with E-state index in [1.807, 2.05) is 48.7 Å². The Morgan fingerprint density at radius 1 is 1.23 bits per heavy atom. The molecule has 2 aromatic carbocycles. The van der Waals surface area contributed by atoms with Gasteiger partial charge in [-0.15, -0.1) is 10.2 Å². The zero-order chi connectivity index (χ0) is 21.3. The lowest BCUT2D eigenvalue weighted by Gasteiger charge is -2.07. The lowest BCUT2D eigenvalue weighted by Crippen LogP contribution is -2.20. The number of aromatic hydroxyl groups is 1. The van der Waals surface area contributed by atoms with Gasteiger partial charge in [0, 0.05) is 12.1 Å². The second-order valence-corrected chi connectivity index (χ2v) is 7.10. The monoisotopic (exact) mass is 425 g/mol. The van der Waals surface area contributed by atoms with E-state index in [2.05, 4.69) is 20.7 Å². The molecule has 9 heteroatoms. The maximum Gasteiger partial charge on any atom is 0.250 e. The zero-order valence-electron chi connectivity index (χ0n) is 16.8. The van der Waals surface area contributed by atoms with E-state index >= 15 is 0 Å². The van der Waals surface area contributed by atoms with Crippen LogP contribution in [0.5, 0.6) is 11.5 Å². The predicted molar refractivity (Wildman–Crippen MR) is 117 cm³/mol. The number of hydrogen-bond donors (Lipinski definition) is 2. The van der Waals surface area contributed by atoms with Crippen LogP contribution in [0.4, 0.5) is 0 Å². The number of hydrogen-bond acceptors (Lipinski definition) is 7. The molecule has 0 aliphatic rings. The topological polar surface area (TPSA) is 102 Å². The average Bonchev–Trinajstić information content (AvgIpc) is 3.18. The van der Waals surface area contributed by atoms with Gasteiger partial charge >= 0.3 is 0 Å². The third-order valence-electron chi connectivity index (χ3n) is 4.08. The molecule has 3 rings (SSSR count). The molecule has 2 N–H and O–H groups in total. The minimum Gasteiger partial charge on any atom is -0.504 e. The van der Waals surface area contributed by atoms with Crippen LogP contribution in [0.1, 0.15) is 19.4 Å². The average molecular weight is 426 g/mol. The van der Waals surface area contributed by atoms with Gasteiger partial charge in [-0.1, -0.05) is 42.1 Å². The highest BCUT2D eigenvalue weighted by Crippen LogP contribution is 2.26. The van der Waals surface area contributed by atoms with Crippen molar-refractivity contribution in [3.05, 3.63) is 54.1 Å². The summed E-state index contributed by atoms with van der Waals surface area (Å²) in [5, 5.41) is 22.8. The molecule has 0 aliphatic heterocycles. The first-order chi connectivity index (χ1) is 14.6. The highest BCUT2D eigenvalue weighted by molar-refractivity contribution is 7.99. The number of ether oxygens (including phenoxy) is 1. The Hall–Kier alpha value is -3.33. The van der Waals surface area contributed by atoms with Gasteiger partial charge in [0.1, 0.15) is 0 Å². The number of phenols is 1. The number of benzene rings is 2. The summed E-state index contributed by atoms with van der Waals surface area (Å²) >= 11 is 1.30. The van der Waals surface area contributed by atoms with Gasteiger partial charge in [0.15, 0.2) is 22.5 Å². The largest absolute Gasteiger partial charge is 0.504 e. The number of phenolic OH excluding ortho intramolecular Hbond substituents is 1. The van der Waals surface area contributed by atoms with Crippen molar-refractivity contribution in [2.75, 3.05) is 12.4 Å². The molecular weight excluding hydrogens is 402 g/mol. The van der Waals surface area contributed by atoms with E-state index < -0.39 is 0 Å². The van der Waals surface area contributed by atoms with Crippen LogP contribution in [0.2, 0.25) is 0 Å². The van der Waals surface area contributed by atoms with Crippen molar-refractivity contribution in [1.29, 1.82) is 0 Å². The molecule has 8 nitrogen and oxygen atoms in total. The molecule has 0 bridgehead atoms. The van der Waals surface area contributed by atoms with Crippen LogP contribution in [0, 0.1) is 0 Å². The van der Waals surface area contributed by atoms with Crippen LogP contribution in [-0.2, 0) is 11.3 Å². The number of thioether (sulfide) groups is 1. The second kappa shape index (κ2) is 10.4. The lowest BCUT2D eigenvalue weighted by molar-refractivity contribution is -0.118. The van der Waals surface area contributed by atoms with Gasteiger partial charge in [0.05, 0.1) is 18.6 Å². The van der Waals surface area contributed by atoms with E-state index in [0.29, 0.717) is 29.6 Å². The van der Waals surface area contributed by atoms with E-state index in [0.717, 1.165) is 11.4 Å². The molecule has 0 radical (unpaired) electrons. The Morgan fingerprint density at radius 3 is 2.77 bits per heavy atom. The Balaban J connectivity index is 1.57. The van der Waals surface area contributed by atoms with Gasteiger partial charge in [-0.3, -0.25) is 4.79 Å². The Bertz CT molecular complexity index is 1020. The lowest BCUT2D eigenvalue weighted by atomic mass is 10.2. The highest BCUT2D eigenvalue weighted by Gasteiger charge is 2.14. The summed E-state index contributed by atoms with van der Waals surface area (Å²) in [4.78, 5) is 12.1. The van der Waals surface area contributed by atoms with Crippen molar-refractivity contribution >= 4 is 23.9 Å². The molecule has 0 fully saturated rings. The number of hydrazone groups is 1. The highest BCUT2D eigenvalue weighted by atomic mass is 32.2. The molecule has 156 valence electrons. The van der Waals surface area contributed by atoms with Crippen LogP contribution in [0.15, 0.2) is 58.8 Å². The summed E-state index contributed by atoms with van der Waals surface area (Å²) in [7, 11) is 0. The fraction of sp³-hybridized carbons (Fsp3) is 0.238. The van der Waals surface area contributed by atoms with Crippen LogP contribution < -0.4 is 10.2 Å².